The molecule has 0 fully saturated rings. The highest BCUT2D eigenvalue weighted by Gasteiger charge is 2.11. The van der Waals surface area contributed by atoms with Gasteiger partial charge in [0.2, 0.25) is 0 Å². The van der Waals surface area contributed by atoms with E-state index >= 15 is 0 Å². The van der Waals surface area contributed by atoms with Gasteiger partial charge in [-0.2, -0.15) is 0 Å². The van der Waals surface area contributed by atoms with E-state index in [-0.39, 0.29) is 10.8 Å². The molecule has 0 aliphatic carbocycles. The highest BCUT2D eigenvalue weighted by molar-refractivity contribution is 7.16. The second kappa shape index (κ2) is 6.57. The molecule has 0 N–H and O–H groups in total. The van der Waals surface area contributed by atoms with Gasteiger partial charge >= 0.3 is 11.6 Å². The van der Waals surface area contributed by atoms with E-state index in [1.165, 1.54) is 18.3 Å². The van der Waals surface area contributed by atoms with Crippen molar-refractivity contribution in [1.82, 2.24) is 4.98 Å². The van der Waals surface area contributed by atoms with E-state index in [1.807, 2.05) is 48.5 Å². The summed E-state index contributed by atoms with van der Waals surface area (Å²) in [7, 11) is 0. The van der Waals surface area contributed by atoms with E-state index in [1.54, 1.807) is 12.3 Å². The summed E-state index contributed by atoms with van der Waals surface area (Å²) in [4.78, 5) is 28.3. The molecule has 2 aromatic heterocycles. The molecule has 0 bridgehead atoms. The summed E-state index contributed by atoms with van der Waals surface area (Å²) in [6.45, 7) is 1.33. The van der Waals surface area contributed by atoms with Crippen molar-refractivity contribution in [2.45, 2.75) is 6.92 Å². The summed E-state index contributed by atoms with van der Waals surface area (Å²) in [5, 5.41) is 1.12. The smallest absolute Gasteiger partial charge is 0.344 e. The Morgan fingerprint density at radius 2 is 1.88 bits per heavy atom. The topological polar surface area (TPSA) is 69.4 Å². The van der Waals surface area contributed by atoms with Gasteiger partial charge in [-0.25, -0.2) is 9.78 Å². The quantitative estimate of drug-likeness (QED) is 0.396. The number of thiazole rings is 1. The predicted molar refractivity (Wildman–Crippen MR) is 100 cm³/mol. The fourth-order valence-electron chi connectivity index (χ4n) is 2.65. The van der Waals surface area contributed by atoms with E-state index in [9.17, 15) is 9.59 Å². The molecule has 26 heavy (non-hydrogen) atoms. The monoisotopic (exact) mass is 363 g/mol. The van der Waals surface area contributed by atoms with Crippen LogP contribution in [0.1, 0.15) is 6.92 Å². The van der Waals surface area contributed by atoms with E-state index in [4.69, 9.17) is 9.15 Å². The number of hydrogen-bond donors (Lipinski definition) is 0. The second-order valence-corrected chi connectivity index (χ2v) is 6.64. The van der Waals surface area contributed by atoms with Crippen LogP contribution in [-0.2, 0) is 4.79 Å². The first kappa shape index (κ1) is 16.2. The number of carbonyl (C=O) groups is 1. The minimum Gasteiger partial charge on any atom is -0.422 e. The van der Waals surface area contributed by atoms with E-state index in [2.05, 4.69) is 4.98 Å². The van der Waals surface area contributed by atoms with Crippen molar-refractivity contribution in [2.75, 3.05) is 0 Å². The lowest BCUT2D eigenvalue weighted by Crippen LogP contribution is -2.02. The number of aromatic nitrogens is 1. The number of benzene rings is 2. The standard InChI is InChI=1S/C20H13NO4S/c1-12(22)24-20-21-11-18(26-20)15-8-7-14-9-16(13-5-3-2-4-6-13)19(23)25-17(14)10-15/h2-11H,1H3. The van der Waals surface area contributed by atoms with Gasteiger partial charge in [-0.15, -0.1) is 0 Å². The molecule has 0 aliphatic rings. The Labute approximate surface area is 152 Å². The largest absolute Gasteiger partial charge is 0.422 e. The molecule has 0 atom stereocenters. The molecule has 6 heteroatoms. The van der Waals surface area contributed by atoms with Gasteiger partial charge in [0.25, 0.3) is 5.19 Å². The molecule has 0 saturated heterocycles. The minimum atomic E-state index is -0.413. The average Bonchev–Trinajstić information content (AvgIpc) is 3.09. The first-order chi connectivity index (χ1) is 12.6. The lowest BCUT2D eigenvalue weighted by atomic mass is 10.1. The van der Waals surface area contributed by atoms with Crippen LogP contribution < -0.4 is 10.4 Å². The van der Waals surface area contributed by atoms with Crippen molar-refractivity contribution in [3.05, 3.63) is 71.2 Å². The fourth-order valence-corrected chi connectivity index (χ4v) is 3.45. The minimum absolute atomic E-state index is 0.286. The Kier molecular flexibility index (Phi) is 4.10. The molecule has 5 nitrogen and oxygen atoms in total. The summed E-state index contributed by atoms with van der Waals surface area (Å²) in [6, 6.07) is 16.8. The van der Waals surface area contributed by atoms with Crippen LogP contribution in [0, 0.1) is 0 Å². The molecule has 4 aromatic rings. The molecule has 0 unspecified atom stereocenters. The molecule has 2 aromatic carbocycles. The number of rotatable bonds is 3. The number of hydrogen-bond acceptors (Lipinski definition) is 6. The molecule has 2 heterocycles. The highest BCUT2D eigenvalue weighted by Crippen LogP contribution is 2.32. The zero-order chi connectivity index (χ0) is 18.1. The summed E-state index contributed by atoms with van der Waals surface area (Å²) in [6.07, 6.45) is 1.63. The summed E-state index contributed by atoms with van der Waals surface area (Å²) < 4.78 is 10.5. The third kappa shape index (κ3) is 3.14. The van der Waals surface area contributed by atoms with Crippen molar-refractivity contribution in [1.29, 1.82) is 0 Å². The van der Waals surface area contributed by atoms with Gasteiger partial charge in [-0.1, -0.05) is 53.8 Å². The first-order valence-corrected chi connectivity index (χ1v) is 8.70. The Morgan fingerprint density at radius 1 is 1.08 bits per heavy atom. The number of esters is 1. The molecule has 128 valence electrons. The molecule has 0 spiro atoms. The molecular weight excluding hydrogens is 350 g/mol. The maximum absolute atomic E-state index is 12.4. The molecular formula is C20H13NO4S. The number of ether oxygens (including phenoxy) is 1. The van der Waals surface area contributed by atoms with Gasteiger partial charge in [-0.05, 0) is 23.3 Å². The van der Waals surface area contributed by atoms with Crippen molar-refractivity contribution < 1.29 is 13.9 Å². The zero-order valence-electron chi connectivity index (χ0n) is 13.8. The number of nitrogens with zero attached hydrogens (tertiary/aromatic N) is 1. The number of fused-ring (bicyclic) bond motifs is 1. The van der Waals surface area contributed by atoms with Crippen LogP contribution in [0.25, 0.3) is 32.5 Å². The average molecular weight is 363 g/mol. The first-order valence-electron chi connectivity index (χ1n) is 7.88. The van der Waals surface area contributed by atoms with Gasteiger partial charge in [0.1, 0.15) is 5.58 Å². The van der Waals surface area contributed by atoms with Gasteiger partial charge in [0.15, 0.2) is 0 Å². The fraction of sp³-hybridized carbons (Fsp3) is 0.0500. The van der Waals surface area contributed by atoms with Crippen molar-refractivity contribution in [3.8, 4) is 26.8 Å². The Bertz CT molecular complexity index is 1160. The van der Waals surface area contributed by atoms with Gasteiger partial charge in [-0.3, -0.25) is 4.79 Å². The van der Waals surface area contributed by atoms with Crippen LogP contribution in [0.5, 0.6) is 5.19 Å². The maximum Gasteiger partial charge on any atom is 0.344 e. The predicted octanol–water partition coefficient (Wildman–Crippen LogP) is 4.51. The van der Waals surface area contributed by atoms with Crippen LogP contribution in [-0.4, -0.2) is 11.0 Å². The lowest BCUT2D eigenvalue weighted by Gasteiger charge is -2.04. The molecule has 4 rings (SSSR count). The Morgan fingerprint density at radius 3 is 2.65 bits per heavy atom. The third-order valence-electron chi connectivity index (χ3n) is 3.82. The Balaban J connectivity index is 1.75. The summed E-state index contributed by atoms with van der Waals surface area (Å²) >= 11 is 1.25. The molecule has 0 radical (unpaired) electrons. The summed E-state index contributed by atoms with van der Waals surface area (Å²) in [5.74, 6) is -0.413. The molecule has 0 amide bonds. The van der Waals surface area contributed by atoms with E-state index in [0.717, 1.165) is 21.4 Å². The normalized spacial score (nSPS) is 10.8. The van der Waals surface area contributed by atoms with Crippen molar-refractivity contribution >= 4 is 28.3 Å². The molecule has 0 aliphatic heterocycles. The van der Waals surface area contributed by atoms with E-state index < -0.39 is 5.97 Å². The highest BCUT2D eigenvalue weighted by atomic mass is 32.1. The maximum atomic E-state index is 12.4. The second-order valence-electron chi connectivity index (χ2n) is 5.65. The van der Waals surface area contributed by atoms with E-state index in [0.29, 0.717) is 11.1 Å². The third-order valence-corrected chi connectivity index (χ3v) is 4.75. The van der Waals surface area contributed by atoms with Crippen LogP contribution >= 0.6 is 11.3 Å². The van der Waals surface area contributed by atoms with Crippen molar-refractivity contribution in [3.63, 3.8) is 0 Å². The van der Waals surface area contributed by atoms with Crippen LogP contribution in [0.2, 0.25) is 0 Å². The van der Waals surface area contributed by atoms with Gasteiger partial charge < -0.3 is 9.15 Å². The van der Waals surface area contributed by atoms with Crippen molar-refractivity contribution in [2.24, 2.45) is 0 Å². The zero-order valence-corrected chi connectivity index (χ0v) is 14.6. The lowest BCUT2D eigenvalue weighted by molar-refractivity contribution is -0.131. The SMILES string of the molecule is CC(=O)Oc1ncc(-c2ccc3cc(-c4ccccc4)c(=O)oc3c2)s1. The van der Waals surface area contributed by atoms with Crippen LogP contribution in [0.15, 0.2) is 70.0 Å². The van der Waals surface area contributed by atoms with Crippen LogP contribution in [0.3, 0.4) is 0 Å². The number of carbonyl (C=O) groups excluding carboxylic acids is 1. The molecule has 0 saturated carbocycles. The summed E-state index contributed by atoms with van der Waals surface area (Å²) in [5.41, 5.74) is 2.30. The van der Waals surface area contributed by atoms with Gasteiger partial charge in [0, 0.05) is 18.5 Å². The van der Waals surface area contributed by atoms with Gasteiger partial charge in [0.05, 0.1) is 10.4 Å². The Hall–Kier alpha value is -3.25. The van der Waals surface area contributed by atoms with Crippen LogP contribution in [0.4, 0.5) is 0 Å².